The van der Waals surface area contributed by atoms with Crippen LogP contribution in [0.3, 0.4) is 0 Å². The molecule has 1 aromatic carbocycles. The number of hydrogen-bond acceptors (Lipinski definition) is 8. The summed E-state index contributed by atoms with van der Waals surface area (Å²) in [5.74, 6) is -4.64. The van der Waals surface area contributed by atoms with E-state index in [9.17, 15) is 34.2 Å². The van der Waals surface area contributed by atoms with Crippen LogP contribution in [0.2, 0.25) is 0 Å². The van der Waals surface area contributed by atoms with E-state index in [1.54, 1.807) is 30.3 Å². The summed E-state index contributed by atoms with van der Waals surface area (Å²) in [4.78, 5) is 60.6. The highest BCUT2D eigenvalue weighted by molar-refractivity contribution is 7.98. The third kappa shape index (κ3) is 10.4. The van der Waals surface area contributed by atoms with E-state index in [1.165, 1.54) is 11.8 Å². The van der Waals surface area contributed by atoms with Gasteiger partial charge in [-0.05, 0) is 24.0 Å². The first-order chi connectivity index (χ1) is 16.1. The van der Waals surface area contributed by atoms with Crippen molar-refractivity contribution in [3.05, 3.63) is 35.9 Å². The molecule has 0 aliphatic heterocycles. The van der Waals surface area contributed by atoms with Crippen LogP contribution in [0.4, 0.5) is 0 Å². The lowest BCUT2D eigenvalue weighted by Crippen LogP contribution is -2.58. The zero-order valence-corrected chi connectivity index (χ0v) is 20.3. The van der Waals surface area contributed by atoms with Crippen molar-refractivity contribution in [1.29, 1.82) is 0 Å². The number of carbonyl (C=O) groups is 5. The van der Waals surface area contributed by atoms with Gasteiger partial charge < -0.3 is 31.9 Å². The van der Waals surface area contributed by atoms with Gasteiger partial charge in [0.05, 0.1) is 12.5 Å². The Morgan fingerprint density at radius 1 is 0.941 bits per heavy atom. The fraction of sp³-hybridized carbons (Fsp3) is 0.476. The summed E-state index contributed by atoms with van der Waals surface area (Å²) in [6.07, 6.45) is 1.43. The molecule has 11 nitrogen and oxygen atoms in total. The number of carboxylic acid groups (broad SMARTS) is 2. The molecule has 1 rings (SSSR count). The molecular weight excluding hydrogens is 484 g/mol. The fourth-order valence-corrected chi connectivity index (χ4v) is 3.56. The number of benzene rings is 1. The molecular formula is C21H30N4O7S2. The molecule has 7 N–H and O–H groups in total. The van der Waals surface area contributed by atoms with Crippen molar-refractivity contribution in [2.24, 2.45) is 5.73 Å². The first kappa shape index (κ1) is 29.3. The number of thiol groups is 1. The second kappa shape index (κ2) is 15.2. The van der Waals surface area contributed by atoms with E-state index in [-0.39, 0.29) is 12.2 Å². The Kier molecular flexibility index (Phi) is 13.1. The van der Waals surface area contributed by atoms with Crippen LogP contribution < -0.4 is 21.7 Å². The van der Waals surface area contributed by atoms with Gasteiger partial charge in [0.1, 0.15) is 18.1 Å². The van der Waals surface area contributed by atoms with Gasteiger partial charge in [-0.2, -0.15) is 24.4 Å². The molecule has 0 fully saturated rings. The molecule has 0 aliphatic rings. The van der Waals surface area contributed by atoms with E-state index >= 15 is 0 Å². The number of thioether (sulfide) groups is 1. The van der Waals surface area contributed by atoms with Crippen molar-refractivity contribution in [1.82, 2.24) is 16.0 Å². The molecule has 188 valence electrons. The minimum atomic E-state index is -1.49. The smallest absolute Gasteiger partial charge is 0.327 e. The summed E-state index contributed by atoms with van der Waals surface area (Å²) in [5, 5.41) is 25.5. The lowest BCUT2D eigenvalue weighted by Gasteiger charge is -2.24. The van der Waals surface area contributed by atoms with Gasteiger partial charge in [-0.3, -0.25) is 19.2 Å². The van der Waals surface area contributed by atoms with E-state index in [1.807, 2.05) is 6.26 Å². The Morgan fingerprint density at radius 2 is 1.50 bits per heavy atom. The molecule has 0 aromatic heterocycles. The normalized spacial score (nSPS) is 14.2. The van der Waals surface area contributed by atoms with Gasteiger partial charge in [0.2, 0.25) is 17.7 Å². The summed E-state index contributed by atoms with van der Waals surface area (Å²) >= 11 is 5.39. The predicted octanol–water partition coefficient (Wildman–Crippen LogP) is -0.747. The van der Waals surface area contributed by atoms with E-state index in [2.05, 4.69) is 28.6 Å². The third-order valence-electron chi connectivity index (χ3n) is 4.69. The highest BCUT2D eigenvalue weighted by atomic mass is 32.2. The zero-order valence-electron chi connectivity index (χ0n) is 18.6. The topological polar surface area (TPSA) is 188 Å². The fourth-order valence-electron chi connectivity index (χ4n) is 2.83. The molecule has 13 heteroatoms. The van der Waals surface area contributed by atoms with Gasteiger partial charge >= 0.3 is 11.9 Å². The van der Waals surface area contributed by atoms with E-state index in [0.717, 1.165) is 0 Å². The number of hydrogen-bond donors (Lipinski definition) is 7. The SMILES string of the molecule is CSCCC(N)C(=O)NC(CC(=O)O)C(=O)NC(Cc1ccccc1)C(=O)NC(CS)C(=O)O. The van der Waals surface area contributed by atoms with Gasteiger partial charge in [0.25, 0.3) is 0 Å². The van der Waals surface area contributed by atoms with E-state index in [4.69, 9.17) is 5.73 Å². The number of nitrogens with one attached hydrogen (secondary N) is 3. The number of aliphatic carboxylic acids is 2. The summed E-state index contributed by atoms with van der Waals surface area (Å²) in [6.45, 7) is 0. The van der Waals surface area contributed by atoms with Crippen molar-refractivity contribution in [3.8, 4) is 0 Å². The van der Waals surface area contributed by atoms with Crippen molar-refractivity contribution in [2.45, 2.75) is 43.4 Å². The molecule has 0 spiro atoms. The van der Waals surface area contributed by atoms with Crippen molar-refractivity contribution >= 4 is 54.1 Å². The zero-order chi connectivity index (χ0) is 25.7. The lowest BCUT2D eigenvalue weighted by atomic mass is 10.0. The second-order valence-electron chi connectivity index (χ2n) is 7.38. The van der Waals surface area contributed by atoms with Crippen molar-refractivity contribution in [2.75, 3.05) is 17.8 Å². The molecule has 34 heavy (non-hydrogen) atoms. The monoisotopic (exact) mass is 514 g/mol. The number of carboxylic acids is 2. The Labute approximate surface area is 207 Å². The molecule has 0 aliphatic carbocycles. The minimum absolute atomic E-state index is 0.00169. The number of carbonyl (C=O) groups excluding carboxylic acids is 3. The summed E-state index contributed by atoms with van der Waals surface area (Å²) < 4.78 is 0. The van der Waals surface area contributed by atoms with Crippen LogP contribution in [0.5, 0.6) is 0 Å². The van der Waals surface area contributed by atoms with Gasteiger partial charge in [-0.1, -0.05) is 30.3 Å². The van der Waals surface area contributed by atoms with Crippen LogP contribution in [0.25, 0.3) is 0 Å². The highest BCUT2D eigenvalue weighted by Gasteiger charge is 2.31. The van der Waals surface area contributed by atoms with Crippen molar-refractivity contribution in [3.63, 3.8) is 0 Å². The van der Waals surface area contributed by atoms with Gasteiger partial charge in [0.15, 0.2) is 0 Å². The van der Waals surface area contributed by atoms with E-state index < -0.39 is 60.2 Å². The van der Waals surface area contributed by atoms with Crippen LogP contribution in [0.1, 0.15) is 18.4 Å². The third-order valence-corrected chi connectivity index (χ3v) is 5.70. The predicted molar refractivity (Wildman–Crippen MR) is 131 cm³/mol. The summed E-state index contributed by atoms with van der Waals surface area (Å²) in [7, 11) is 0. The molecule has 4 unspecified atom stereocenters. The standard InChI is InChI=1S/C21H30N4O7S2/c1-34-8-7-13(22)18(28)23-15(10-17(26)27)20(30)24-14(9-12-5-3-2-4-6-12)19(29)25-16(11-33)21(31)32/h2-6,13-16,33H,7-11,22H2,1H3,(H,23,28)(H,24,30)(H,25,29)(H,26,27)(H,31,32). The molecule has 0 bridgehead atoms. The Balaban J connectivity index is 3.05. The Bertz CT molecular complexity index is 857. The van der Waals surface area contributed by atoms with E-state index in [0.29, 0.717) is 17.7 Å². The number of nitrogens with two attached hydrogens (primary N) is 1. The summed E-state index contributed by atoms with van der Waals surface area (Å²) in [5.41, 5.74) is 6.47. The molecule has 1 aromatic rings. The molecule has 0 radical (unpaired) electrons. The maximum absolute atomic E-state index is 12.9. The maximum Gasteiger partial charge on any atom is 0.327 e. The molecule has 4 atom stereocenters. The largest absolute Gasteiger partial charge is 0.481 e. The Hall–Kier alpha value is -2.77. The average Bonchev–Trinajstić information content (AvgIpc) is 2.79. The van der Waals surface area contributed by atoms with Crippen LogP contribution in [0, 0.1) is 0 Å². The van der Waals surface area contributed by atoms with Crippen LogP contribution in [-0.4, -0.2) is 81.8 Å². The molecule has 0 saturated carbocycles. The maximum atomic E-state index is 12.9. The number of rotatable bonds is 15. The average molecular weight is 515 g/mol. The van der Waals surface area contributed by atoms with Crippen LogP contribution in [-0.2, 0) is 30.4 Å². The lowest BCUT2D eigenvalue weighted by molar-refractivity contribution is -0.142. The van der Waals surface area contributed by atoms with Crippen molar-refractivity contribution < 1.29 is 34.2 Å². The first-order valence-electron chi connectivity index (χ1n) is 10.3. The first-order valence-corrected chi connectivity index (χ1v) is 12.4. The second-order valence-corrected chi connectivity index (χ2v) is 8.73. The Morgan fingerprint density at radius 3 is 2.03 bits per heavy atom. The minimum Gasteiger partial charge on any atom is -0.481 e. The van der Waals surface area contributed by atoms with Crippen LogP contribution in [0.15, 0.2) is 30.3 Å². The molecule has 0 saturated heterocycles. The van der Waals surface area contributed by atoms with Gasteiger partial charge in [0, 0.05) is 12.2 Å². The van der Waals surface area contributed by atoms with Gasteiger partial charge in [-0.15, -0.1) is 0 Å². The highest BCUT2D eigenvalue weighted by Crippen LogP contribution is 2.06. The molecule has 0 heterocycles. The van der Waals surface area contributed by atoms with Gasteiger partial charge in [-0.25, -0.2) is 4.79 Å². The van der Waals surface area contributed by atoms with Crippen LogP contribution >= 0.6 is 24.4 Å². The quantitative estimate of drug-likeness (QED) is 0.148. The summed E-state index contributed by atoms with van der Waals surface area (Å²) in [6, 6.07) is 3.67. The number of amides is 3. The molecule has 3 amide bonds.